The number of pyridine rings is 1. The number of carbonyl (C=O) groups is 2. The number of aromatic nitrogens is 2. The van der Waals surface area contributed by atoms with Crippen LogP contribution in [0.3, 0.4) is 0 Å². The molecule has 8 nitrogen and oxygen atoms in total. The Morgan fingerprint density at radius 2 is 2.00 bits per heavy atom. The predicted molar refractivity (Wildman–Crippen MR) is 99.1 cm³/mol. The van der Waals surface area contributed by atoms with E-state index < -0.39 is 27.1 Å². The first-order chi connectivity index (χ1) is 12.7. The minimum absolute atomic E-state index is 0.0134. The van der Waals surface area contributed by atoms with Crippen molar-refractivity contribution in [3.8, 4) is 0 Å². The van der Waals surface area contributed by atoms with Crippen molar-refractivity contribution in [2.24, 2.45) is 5.73 Å². The smallest absolute Gasteiger partial charge is 0.272 e. The summed E-state index contributed by atoms with van der Waals surface area (Å²) in [6.45, 7) is 1.57. The van der Waals surface area contributed by atoms with E-state index in [0.717, 1.165) is 0 Å². The summed E-state index contributed by atoms with van der Waals surface area (Å²) < 4.78 is 33.2. The minimum atomic E-state index is -4.46. The summed E-state index contributed by atoms with van der Waals surface area (Å²) in [5.41, 5.74) is 6.22. The average Bonchev–Trinajstić information content (AvgIpc) is 3.04. The summed E-state index contributed by atoms with van der Waals surface area (Å²) in [5, 5.41) is -0.750. The number of nitrogens with two attached hydrogens (primary N) is 1. The zero-order chi connectivity index (χ0) is 19.8. The molecule has 1 unspecified atom stereocenters. The number of primary amides is 1. The van der Waals surface area contributed by atoms with Crippen LogP contribution in [0.5, 0.6) is 0 Å². The van der Waals surface area contributed by atoms with Crippen LogP contribution in [0.1, 0.15) is 50.4 Å². The molecule has 2 heterocycles. The molecule has 1 aromatic carbocycles. The Morgan fingerprint density at radius 3 is 2.63 bits per heavy atom. The molecular weight excluding hydrogens is 370 g/mol. The molecule has 0 bridgehead atoms. The van der Waals surface area contributed by atoms with Gasteiger partial charge in [0.2, 0.25) is 5.91 Å². The molecule has 0 saturated carbocycles. The van der Waals surface area contributed by atoms with Crippen LogP contribution in [0, 0.1) is 0 Å². The van der Waals surface area contributed by atoms with Crippen molar-refractivity contribution in [2.75, 3.05) is 0 Å². The third kappa shape index (κ3) is 3.46. The van der Waals surface area contributed by atoms with Gasteiger partial charge in [0.05, 0.1) is 0 Å². The number of aromatic amines is 1. The number of fused-ring (bicyclic) bond motifs is 1. The summed E-state index contributed by atoms with van der Waals surface area (Å²) in [4.78, 5) is 31.7. The molecular formula is C18H17N3O5S. The number of nitrogens with zero attached hydrogens (tertiary/aromatic N) is 1. The van der Waals surface area contributed by atoms with Crippen molar-refractivity contribution in [1.82, 2.24) is 9.97 Å². The van der Waals surface area contributed by atoms with Gasteiger partial charge < -0.3 is 10.7 Å². The Hall–Kier alpha value is -3.04. The summed E-state index contributed by atoms with van der Waals surface area (Å²) in [5.74, 6) is -1.26. The number of benzene rings is 1. The Kier molecular flexibility index (Phi) is 4.81. The molecule has 27 heavy (non-hydrogen) atoms. The quantitative estimate of drug-likeness (QED) is 0.437. The Morgan fingerprint density at radius 1 is 1.26 bits per heavy atom. The fraction of sp³-hybridized carbons (Fsp3) is 0.167. The SMILES string of the molecule is CCC(c1ccc(C(N)=O)cc1C(=O)c1c[nH]c2ncccc12)S(=O)(=O)O. The van der Waals surface area contributed by atoms with Gasteiger partial charge in [-0.2, -0.15) is 8.42 Å². The van der Waals surface area contributed by atoms with Crippen LogP contribution in [0.25, 0.3) is 11.0 Å². The zero-order valence-corrected chi connectivity index (χ0v) is 15.2. The molecule has 3 aromatic rings. The first kappa shape index (κ1) is 18.7. The van der Waals surface area contributed by atoms with E-state index in [-0.39, 0.29) is 28.7 Å². The first-order valence-electron chi connectivity index (χ1n) is 8.11. The van der Waals surface area contributed by atoms with E-state index in [9.17, 15) is 22.6 Å². The Labute approximate surface area is 155 Å². The van der Waals surface area contributed by atoms with E-state index in [4.69, 9.17) is 5.73 Å². The third-order valence-corrected chi connectivity index (χ3v) is 5.66. The third-order valence-electron chi connectivity index (χ3n) is 4.36. The van der Waals surface area contributed by atoms with Crippen molar-refractivity contribution < 1.29 is 22.6 Å². The lowest BCUT2D eigenvalue weighted by Crippen LogP contribution is -2.18. The monoisotopic (exact) mass is 387 g/mol. The maximum atomic E-state index is 13.2. The van der Waals surface area contributed by atoms with E-state index in [1.54, 1.807) is 25.3 Å². The lowest BCUT2D eigenvalue weighted by Gasteiger charge is -2.16. The molecule has 0 fully saturated rings. The lowest BCUT2D eigenvalue weighted by atomic mass is 9.93. The highest BCUT2D eigenvalue weighted by Crippen LogP contribution is 2.31. The number of H-pyrrole nitrogens is 1. The summed E-state index contributed by atoms with van der Waals surface area (Å²) in [6, 6.07) is 7.29. The second kappa shape index (κ2) is 6.93. The number of amides is 1. The van der Waals surface area contributed by atoms with Gasteiger partial charge in [-0.05, 0) is 36.2 Å². The number of carbonyl (C=O) groups excluding carboxylic acids is 2. The van der Waals surface area contributed by atoms with Gasteiger partial charge in [0, 0.05) is 34.5 Å². The molecule has 0 radical (unpaired) electrons. The first-order valence-corrected chi connectivity index (χ1v) is 9.61. The maximum absolute atomic E-state index is 13.2. The molecule has 4 N–H and O–H groups in total. The van der Waals surface area contributed by atoms with Crippen molar-refractivity contribution >= 4 is 32.8 Å². The molecule has 0 aliphatic carbocycles. The highest BCUT2D eigenvalue weighted by Gasteiger charge is 2.29. The van der Waals surface area contributed by atoms with Crippen molar-refractivity contribution in [3.63, 3.8) is 0 Å². The minimum Gasteiger partial charge on any atom is -0.366 e. The highest BCUT2D eigenvalue weighted by atomic mass is 32.2. The molecule has 140 valence electrons. The van der Waals surface area contributed by atoms with Crippen LogP contribution in [0.15, 0.2) is 42.7 Å². The van der Waals surface area contributed by atoms with Gasteiger partial charge in [0.25, 0.3) is 10.1 Å². The van der Waals surface area contributed by atoms with Gasteiger partial charge >= 0.3 is 0 Å². The van der Waals surface area contributed by atoms with E-state index in [0.29, 0.717) is 11.0 Å². The van der Waals surface area contributed by atoms with Crippen LogP contribution in [-0.4, -0.2) is 34.6 Å². The van der Waals surface area contributed by atoms with Crippen LogP contribution >= 0.6 is 0 Å². The van der Waals surface area contributed by atoms with Crippen molar-refractivity contribution in [3.05, 3.63) is 65.0 Å². The van der Waals surface area contributed by atoms with Gasteiger partial charge in [-0.15, -0.1) is 0 Å². The lowest BCUT2D eigenvalue weighted by molar-refractivity contribution is 0.1000. The molecule has 0 aliphatic rings. The van der Waals surface area contributed by atoms with Crippen LogP contribution in [0.4, 0.5) is 0 Å². The molecule has 2 aromatic heterocycles. The topological polar surface area (TPSA) is 143 Å². The van der Waals surface area contributed by atoms with Crippen LogP contribution in [-0.2, 0) is 10.1 Å². The average molecular weight is 387 g/mol. The van der Waals surface area contributed by atoms with E-state index in [1.165, 1.54) is 24.4 Å². The standard InChI is InChI=1S/C18H17N3O5S/c1-2-15(27(24,25)26)11-6-5-10(17(19)23)8-13(11)16(22)14-9-21-18-12(14)4-3-7-20-18/h3-9,15H,2H2,1H3,(H2,19,23)(H,20,21)(H,24,25,26). The second-order valence-electron chi connectivity index (χ2n) is 6.01. The molecule has 0 saturated heterocycles. The Balaban J connectivity index is 2.24. The van der Waals surface area contributed by atoms with E-state index in [2.05, 4.69) is 9.97 Å². The van der Waals surface area contributed by atoms with Gasteiger partial charge in [0.1, 0.15) is 10.9 Å². The fourth-order valence-electron chi connectivity index (χ4n) is 3.07. The molecule has 9 heteroatoms. The van der Waals surface area contributed by atoms with Crippen molar-refractivity contribution in [1.29, 1.82) is 0 Å². The number of hydrogen-bond donors (Lipinski definition) is 3. The van der Waals surface area contributed by atoms with E-state index >= 15 is 0 Å². The summed E-state index contributed by atoms with van der Waals surface area (Å²) >= 11 is 0. The van der Waals surface area contributed by atoms with Crippen molar-refractivity contribution in [2.45, 2.75) is 18.6 Å². The molecule has 1 amide bonds. The summed E-state index contributed by atoms with van der Waals surface area (Å²) in [6.07, 6.45) is 3.08. The van der Waals surface area contributed by atoms with Gasteiger partial charge in [-0.1, -0.05) is 13.0 Å². The number of rotatable bonds is 6. The molecule has 0 aliphatic heterocycles. The van der Waals surface area contributed by atoms with Gasteiger partial charge in [0.15, 0.2) is 5.78 Å². The molecule has 3 rings (SSSR count). The van der Waals surface area contributed by atoms with Crippen LogP contribution < -0.4 is 5.73 Å². The zero-order valence-electron chi connectivity index (χ0n) is 14.3. The summed E-state index contributed by atoms with van der Waals surface area (Å²) in [7, 11) is -4.46. The number of nitrogens with one attached hydrogen (secondary N) is 1. The Bertz CT molecular complexity index is 1150. The highest BCUT2D eigenvalue weighted by molar-refractivity contribution is 7.86. The second-order valence-corrected chi connectivity index (χ2v) is 7.61. The van der Waals surface area contributed by atoms with E-state index in [1.807, 2.05) is 0 Å². The van der Waals surface area contributed by atoms with Gasteiger partial charge in [-0.3, -0.25) is 14.1 Å². The number of hydrogen-bond acceptors (Lipinski definition) is 5. The fourth-order valence-corrected chi connectivity index (χ4v) is 4.01. The number of ketones is 1. The largest absolute Gasteiger partial charge is 0.366 e. The molecule has 1 atom stereocenters. The van der Waals surface area contributed by atoms with Crippen LogP contribution in [0.2, 0.25) is 0 Å². The normalized spacial score (nSPS) is 12.8. The predicted octanol–water partition coefficient (Wildman–Crippen LogP) is 2.23. The molecule has 0 spiro atoms. The van der Waals surface area contributed by atoms with Gasteiger partial charge in [-0.25, -0.2) is 4.98 Å². The maximum Gasteiger partial charge on any atom is 0.272 e.